The minimum absolute atomic E-state index is 0.361. The van der Waals surface area contributed by atoms with Crippen molar-refractivity contribution in [3.05, 3.63) is 36.0 Å². The van der Waals surface area contributed by atoms with Crippen LogP contribution in [0.25, 0.3) is 22.4 Å². The van der Waals surface area contributed by atoms with Crippen LogP contribution in [0.1, 0.15) is 37.3 Å². The Bertz CT molecular complexity index is 1040. The monoisotopic (exact) mass is 421 g/mol. The SMILES string of the molecule is CN(CCN)Cc1cccc(-c2nc(NC3CCOCC3)c3cnn(C4CC4)c3n2)c1. The van der Waals surface area contributed by atoms with Crippen molar-refractivity contribution in [1.82, 2.24) is 24.6 Å². The molecule has 164 valence electrons. The molecule has 1 saturated heterocycles. The van der Waals surface area contributed by atoms with Crippen LogP contribution in [0.4, 0.5) is 5.82 Å². The van der Waals surface area contributed by atoms with Crippen molar-refractivity contribution in [3.63, 3.8) is 0 Å². The number of anilines is 1. The molecular formula is C23H31N7O. The lowest BCUT2D eigenvalue weighted by molar-refractivity contribution is 0.0904. The number of benzene rings is 1. The molecule has 3 aromatic rings. The summed E-state index contributed by atoms with van der Waals surface area (Å²) in [5.41, 5.74) is 8.88. The molecule has 1 aromatic carbocycles. The molecule has 1 aliphatic heterocycles. The molecule has 0 bridgehead atoms. The van der Waals surface area contributed by atoms with Crippen LogP contribution in [-0.2, 0) is 11.3 Å². The molecule has 31 heavy (non-hydrogen) atoms. The van der Waals surface area contributed by atoms with Gasteiger partial charge in [-0.1, -0.05) is 18.2 Å². The van der Waals surface area contributed by atoms with Gasteiger partial charge >= 0.3 is 0 Å². The summed E-state index contributed by atoms with van der Waals surface area (Å²) in [5, 5.41) is 9.32. The van der Waals surface area contributed by atoms with Gasteiger partial charge in [-0.25, -0.2) is 14.6 Å². The zero-order valence-electron chi connectivity index (χ0n) is 18.1. The molecule has 2 aliphatic rings. The molecule has 5 rings (SSSR count). The molecular weight excluding hydrogens is 390 g/mol. The third kappa shape index (κ3) is 4.56. The Morgan fingerprint density at radius 3 is 2.81 bits per heavy atom. The van der Waals surface area contributed by atoms with Crippen LogP contribution < -0.4 is 11.1 Å². The van der Waals surface area contributed by atoms with Gasteiger partial charge in [-0.15, -0.1) is 0 Å². The van der Waals surface area contributed by atoms with Crippen molar-refractivity contribution in [2.75, 3.05) is 38.7 Å². The number of fused-ring (bicyclic) bond motifs is 1. The maximum absolute atomic E-state index is 5.70. The lowest BCUT2D eigenvalue weighted by Crippen LogP contribution is -2.28. The fraction of sp³-hybridized carbons (Fsp3) is 0.522. The number of rotatable bonds is 8. The summed E-state index contributed by atoms with van der Waals surface area (Å²) >= 11 is 0. The first-order valence-electron chi connectivity index (χ1n) is 11.3. The minimum Gasteiger partial charge on any atom is -0.381 e. The quantitative estimate of drug-likeness (QED) is 0.577. The van der Waals surface area contributed by atoms with E-state index in [1.807, 2.05) is 6.20 Å². The molecule has 0 unspecified atom stereocenters. The van der Waals surface area contributed by atoms with Crippen molar-refractivity contribution < 1.29 is 4.74 Å². The third-order valence-electron chi connectivity index (χ3n) is 6.06. The molecule has 8 nitrogen and oxygen atoms in total. The van der Waals surface area contributed by atoms with Crippen LogP contribution in [0.3, 0.4) is 0 Å². The molecule has 8 heteroatoms. The molecule has 0 spiro atoms. The summed E-state index contributed by atoms with van der Waals surface area (Å²) in [7, 11) is 2.09. The Balaban J connectivity index is 1.51. The topological polar surface area (TPSA) is 94.1 Å². The Morgan fingerprint density at radius 1 is 1.19 bits per heavy atom. The van der Waals surface area contributed by atoms with Gasteiger partial charge < -0.3 is 20.7 Å². The van der Waals surface area contributed by atoms with Crippen LogP contribution in [0.5, 0.6) is 0 Å². The van der Waals surface area contributed by atoms with E-state index in [-0.39, 0.29) is 0 Å². The summed E-state index contributed by atoms with van der Waals surface area (Å²) in [4.78, 5) is 12.2. The number of hydrogen-bond acceptors (Lipinski definition) is 7. The average Bonchev–Trinajstić information content (AvgIpc) is 3.53. The van der Waals surface area contributed by atoms with Crippen LogP contribution >= 0.6 is 0 Å². The maximum atomic E-state index is 5.70. The van der Waals surface area contributed by atoms with E-state index < -0.39 is 0 Å². The lowest BCUT2D eigenvalue weighted by atomic mass is 10.1. The second-order valence-corrected chi connectivity index (χ2v) is 8.71. The average molecular weight is 422 g/mol. The van der Waals surface area contributed by atoms with E-state index in [4.69, 9.17) is 20.4 Å². The molecule has 3 N–H and O–H groups in total. The van der Waals surface area contributed by atoms with E-state index >= 15 is 0 Å². The van der Waals surface area contributed by atoms with Crippen molar-refractivity contribution in [1.29, 1.82) is 0 Å². The Labute approximate surface area is 182 Å². The van der Waals surface area contributed by atoms with Crippen LogP contribution in [0.2, 0.25) is 0 Å². The number of nitrogens with zero attached hydrogens (tertiary/aromatic N) is 5. The highest BCUT2D eigenvalue weighted by Crippen LogP contribution is 2.37. The van der Waals surface area contributed by atoms with E-state index in [9.17, 15) is 0 Å². The predicted molar refractivity (Wildman–Crippen MR) is 122 cm³/mol. The molecule has 2 fully saturated rings. The van der Waals surface area contributed by atoms with Gasteiger partial charge in [0.15, 0.2) is 11.5 Å². The van der Waals surface area contributed by atoms with E-state index in [1.54, 1.807) is 0 Å². The first kappa shape index (κ1) is 20.4. The molecule has 0 atom stereocenters. The number of aromatic nitrogens is 4. The first-order chi connectivity index (χ1) is 15.2. The standard InChI is InChI=1S/C23H31N7O/c1-29(10-9-24)15-16-3-2-4-17(13-16)21-27-22(26-18-7-11-31-12-8-18)20-14-25-30(19-5-6-19)23(20)28-21/h2-4,13-14,18-19H,5-12,15,24H2,1H3,(H,26,27,28). The summed E-state index contributed by atoms with van der Waals surface area (Å²) in [5.74, 6) is 1.62. The zero-order chi connectivity index (χ0) is 21.2. The lowest BCUT2D eigenvalue weighted by Gasteiger charge is -2.24. The minimum atomic E-state index is 0.361. The molecule has 2 aromatic heterocycles. The van der Waals surface area contributed by atoms with Gasteiger partial charge in [-0.2, -0.15) is 5.10 Å². The van der Waals surface area contributed by atoms with Crippen molar-refractivity contribution in [3.8, 4) is 11.4 Å². The smallest absolute Gasteiger partial charge is 0.164 e. The number of nitrogens with one attached hydrogen (secondary N) is 1. The molecule has 0 radical (unpaired) electrons. The van der Waals surface area contributed by atoms with Gasteiger partial charge in [0.05, 0.1) is 17.6 Å². The highest BCUT2D eigenvalue weighted by atomic mass is 16.5. The normalized spacial score (nSPS) is 17.5. The van der Waals surface area contributed by atoms with Gasteiger partial charge in [-0.05, 0) is 44.4 Å². The Morgan fingerprint density at radius 2 is 2.03 bits per heavy atom. The second-order valence-electron chi connectivity index (χ2n) is 8.71. The second kappa shape index (κ2) is 8.90. The molecule has 1 saturated carbocycles. The first-order valence-corrected chi connectivity index (χ1v) is 11.3. The fourth-order valence-corrected chi connectivity index (χ4v) is 4.21. The molecule has 1 aliphatic carbocycles. The van der Waals surface area contributed by atoms with E-state index in [1.165, 1.54) is 18.4 Å². The highest BCUT2D eigenvalue weighted by Gasteiger charge is 2.28. The van der Waals surface area contributed by atoms with Crippen molar-refractivity contribution in [2.45, 2.75) is 44.3 Å². The van der Waals surface area contributed by atoms with Crippen molar-refractivity contribution in [2.24, 2.45) is 5.73 Å². The van der Waals surface area contributed by atoms with Crippen molar-refractivity contribution >= 4 is 16.9 Å². The molecule has 3 heterocycles. The number of nitrogens with two attached hydrogens (primary N) is 1. The molecule has 0 amide bonds. The van der Waals surface area contributed by atoms with Crippen LogP contribution in [0.15, 0.2) is 30.5 Å². The summed E-state index contributed by atoms with van der Waals surface area (Å²) in [6.07, 6.45) is 6.22. The number of likely N-dealkylation sites (N-methyl/N-ethyl adjacent to an activating group) is 1. The van der Waals surface area contributed by atoms with Gasteiger partial charge in [0.2, 0.25) is 0 Å². The van der Waals surface area contributed by atoms with Gasteiger partial charge in [-0.3, -0.25) is 0 Å². The Hall–Kier alpha value is -2.55. The maximum Gasteiger partial charge on any atom is 0.164 e. The van der Waals surface area contributed by atoms with E-state index in [0.717, 1.165) is 67.4 Å². The van der Waals surface area contributed by atoms with Gasteiger partial charge in [0.1, 0.15) is 5.82 Å². The zero-order valence-corrected chi connectivity index (χ0v) is 18.1. The van der Waals surface area contributed by atoms with E-state index in [0.29, 0.717) is 18.6 Å². The van der Waals surface area contributed by atoms with Crippen LogP contribution in [0, 0.1) is 0 Å². The summed E-state index contributed by atoms with van der Waals surface area (Å²) in [6, 6.07) is 9.32. The number of ether oxygens (including phenoxy) is 1. The third-order valence-corrected chi connectivity index (χ3v) is 6.06. The van der Waals surface area contributed by atoms with Gasteiger partial charge in [0.25, 0.3) is 0 Å². The van der Waals surface area contributed by atoms with Gasteiger partial charge in [0, 0.05) is 44.5 Å². The Kier molecular flexibility index (Phi) is 5.85. The largest absolute Gasteiger partial charge is 0.381 e. The number of hydrogen-bond donors (Lipinski definition) is 2. The van der Waals surface area contributed by atoms with E-state index in [2.05, 4.69) is 51.3 Å². The summed E-state index contributed by atoms with van der Waals surface area (Å²) < 4.78 is 7.60. The summed E-state index contributed by atoms with van der Waals surface area (Å²) in [6.45, 7) is 3.95. The highest BCUT2D eigenvalue weighted by molar-refractivity contribution is 5.88. The predicted octanol–water partition coefficient (Wildman–Crippen LogP) is 2.81. The fourth-order valence-electron chi connectivity index (χ4n) is 4.21. The van der Waals surface area contributed by atoms with Crippen LogP contribution in [-0.4, -0.2) is 64.0 Å².